The van der Waals surface area contributed by atoms with Crippen LogP contribution in [0.5, 0.6) is 11.5 Å². The van der Waals surface area contributed by atoms with Crippen molar-refractivity contribution in [3.05, 3.63) is 66.1 Å². The molecule has 0 saturated carbocycles. The van der Waals surface area contributed by atoms with E-state index in [9.17, 15) is 9.18 Å². The minimum atomic E-state index is -0.517. The maximum Gasteiger partial charge on any atom is 0.274 e. The molecule has 8 nitrogen and oxygen atoms in total. The van der Waals surface area contributed by atoms with Crippen molar-refractivity contribution < 1.29 is 23.2 Å². The Morgan fingerprint density at radius 2 is 2.09 bits per heavy atom. The lowest BCUT2D eigenvalue weighted by Crippen LogP contribution is -2.39. The first-order chi connectivity index (χ1) is 16.0. The Kier molecular flexibility index (Phi) is 5.29. The lowest BCUT2D eigenvalue weighted by molar-refractivity contribution is -0.119. The van der Waals surface area contributed by atoms with Crippen LogP contribution < -0.4 is 14.4 Å². The van der Waals surface area contributed by atoms with Crippen LogP contribution in [0, 0.1) is 12.7 Å². The molecule has 33 heavy (non-hydrogen) atoms. The van der Waals surface area contributed by atoms with Gasteiger partial charge >= 0.3 is 0 Å². The molecule has 0 fully saturated rings. The molecule has 4 aromatic rings. The summed E-state index contributed by atoms with van der Waals surface area (Å²) < 4.78 is 31.9. The first-order valence-electron chi connectivity index (χ1n) is 10.4. The van der Waals surface area contributed by atoms with E-state index in [-0.39, 0.29) is 29.9 Å². The van der Waals surface area contributed by atoms with E-state index in [0.29, 0.717) is 30.2 Å². The molecule has 0 aliphatic carbocycles. The zero-order chi connectivity index (χ0) is 22.9. The first kappa shape index (κ1) is 20.7. The summed E-state index contributed by atoms with van der Waals surface area (Å²) in [4.78, 5) is 19.3. The number of fused-ring (bicyclic) bond motifs is 1. The number of ether oxygens (including phenoxy) is 2. The fourth-order valence-corrected chi connectivity index (χ4v) is 3.81. The molecule has 0 radical (unpaired) electrons. The van der Waals surface area contributed by atoms with E-state index in [2.05, 4.69) is 10.1 Å². The van der Waals surface area contributed by atoms with Gasteiger partial charge in [0.1, 0.15) is 24.6 Å². The van der Waals surface area contributed by atoms with Crippen LogP contribution in [0.3, 0.4) is 0 Å². The summed E-state index contributed by atoms with van der Waals surface area (Å²) in [6.07, 6.45) is 1.78. The highest BCUT2D eigenvalue weighted by molar-refractivity contribution is 5.95. The van der Waals surface area contributed by atoms with Crippen molar-refractivity contribution in [2.24, 2.45) is 0 Å². The maximum atomic E-state index is 14.1. The Hall–Kier alpha value is -4.14. The molecule has 0 bridgehead atoms. The number of rotatable bonds is 5. The average molecular weight is 448 g/mol. The predicted octanol–water partition coefficient (Wildman–Crippen LogP) is 4.09. The summed E-state index contributed by atoms with van der Waals surface area (Å²) in [6, 6.07) is 13.8. The molecule has 2 aromatic heterocycles. The Bertz CT molecular complexity index is 1330. The zero-order valence-electron chi connectivity index (χ0n) is 18.1. The Balaban J connectivity index is 1.39. The Morgan fingerprint density at radius 1 is 1.21 bits per heavy atom. The Labute approximate surface area is 189 Å². The van der Waals surface area contributed by atoms with Crippen molar-refractivity contribution in [2.75, 3.05) is 25.2 Å². The largest absolute Gasteiger partial charge is 0.494 e. The molecular weight excluding hydrogens is 427 g/mol. The van der Waals surface area contributed by atoms with Gasteiger partial charge in [0.15, 0.2) is 11.6 Å². The minimum Gasteiger partial charge on any atom is -0.494 e. The topological polar surface area (TPSA) is 82.6 Å². The van der Waals surface area contributed by atoms with E-state index < -0.39 is 5.82 Å². The van der Waals surface area contributed by atoms with Gasteiger partial charge in [-0.3, -0.25) is 4.79 Å². The fraction of sp³-hybridized carbons (Fsp3) is 0.208. The second kappa shape index (κ2) is 8.42. The fourth-order valence-electron chi connectivity index (χ4n) is 3.81. The molecule has 0 unspecified atom stereocenters. The third-order valence-electron chi connectivity index (χ3n) is 5.47. The van der Waals surface area contributed by atoms with Gasteiger partial charge in [-0.25, -0.2) is 4.39 Å². The number of carbonyl (C=O) groups excluding carboxylic acids is 1. The van der Waals surface area contributed by atoms with Crippen molar-refractivity contribution >= 4 is 11.6 Å². The predicted molar refractivity (Wildman–Crippen MR) is 119 cm³/mol. The van der Waals surface area contributed by atoms with Crippen LogP contribution >= 0.6 is 0 Å². The van der Waals surface area contributed by atoms with Gasteiger partial charge in [0.2, 0.25) is 11.7 Å². The van der Waals surface area contributed by atoms with Crippen LogP contribution in [0.2, 0.25) is 0 Å². The number of benzene rings is 2. The van der Waals surface area contributed by atoms with Crippen molar-refractivity contribution in [1.82, 2.24) is 14.7 Å². The van der Waals surface area contributed by atoms with Gasteiger partial charge in [-0.15, -0.1) is 0 Å². The third-order valence-corrected chi connectivity index (χ3v) is 5.47. The van der Waals surface area contributed by atoms with E-state index >= 15 is 0 Å². The minimum absolute atomic E-state index is 0.0837. The number of anilines is 1. The number of aromatic nitrogens is 3. The van der Waals surface area contributed by atoms with Crippen molar-refractivity contribution in [3.63, 3.8) is 0 Å². The second-order valence-corrected chi connectivity index (χ2v) is 7.66. The van der Waals surface area contributed by atoms with Gasteiger partial charge < -0.3 is 23.5 Å². The molecule has 0 atom stereocenters. The van der Waals surface area contributed by atoms with Crippen LogP contribution in [-0.2, 0) is 11.3 Å². The van der Waals surface area contributed by atoms with Crippen LogP contribution in [0.4, 0.5) is 10.1 Å². The van der Waals surface area contributed by atoms with Gasteiger partial charge in [0.25, 0.3) is 5.89 Å². The quantitative estimate of drug-likeness (QED) is 0.457. The molecule has 3 heterocycles. The first-order valence-corrected chi connectivity index (χ1v) is 10.4. The van der Waals surface area contributed by atoms with Gasteiger partial charge in [-0.2, -0.15) is 4.98 Å². The van der Waals surface area contributed by atoms with E-state index in [4.69, 9.17) is 14.0 Å². The summed E-state index contributed by atoms with van der Waals surface area (Å²) in [6.45, 7) is 2.97. The third kappa shape index (κ3) is 3.93. The molecule has 0 N–H and O–H groups in total. The summed E-state index contributed by atoms with van der Waals surface area (Å²) in [5.74, 6) is 0.701. The van der Waals surface area contributed by atoms with Gasteiger partial charge in [0, 0.05) is 11.8 Å². The summed E-state index contributed by atoms with van der Waals surface area (Å²) in [5.41, 5.74) is 2.86. The molecule has 1 amide bonds. The average Bonchev–Trinajstić information content (AvgIpc) is 3.48. The monoisotopic (exact) mass is 448 g/mol. The van der Waals surface area contributed by atoms with Crippen molar-refractivity contribution in [2.45, 2.75) is 13.5 Å². The molecule has 5 rings (SSSR count). The second-order valence-electron chi connectivity index (χ2n) is 7.66. The number of methoxy groups -OCH3 is 1. The Morgan fingerprint density at radius 3 is 2.91 bits per heavy atom. The number of nitrogens with zero attached hydrogens (tertiary/aromatic N) is 4. The summed E-state index contributed by atoms with van der Waals surface area (Å²) in [7, 11) is 1.40. The van der Waals surface area contributed by atoms with E-state index in [1.54, 1.807) is 33.9 Å². The van der Waals surface area contributed by atoms with Crippen LogP contribution in [0.15, 0.2) is 59.3 Å². The smallest absolute Gasteiger partial charge is 0.274 e. The molecule has 1 aliphatic heterocycles. The number of halogens is 1. The highest BCUT2D eigenvalue weighted by Crippen LogP contribution is 2.33. The highest BCUT2D eigenvalue weighted by atomic mass is 19.1. The van der Waals surface area contributed by atoms with Crippen molar-refractivity contribution in [1.29, 1.82) is 0 Å². The molecule has 0 spiro atoms. The number of carbonyl (C=O) groups is 1. The van der Waals surface area contributed by atoms with E-state index in [1.807, 2.05) is 25.1 Å². The van der Waals surface area contributed by atoms with Crippen molar-refractivity contribution in [3.8, 4) is 34.5 Å². The van der Waals surface area contributed by atoms with Gasteiger partial charge in [-0.05, 0) is 55.0 Å². The molecule has 2 aromatic carbocycles. The number of aryl methyl sites for hydroxylation is 1. The highest BCUT2D eigenvalue weighted by Gasteiger charge is 2.25. The lowest BCUT2D eigenvalue weighted by Gasteiger charge is -2.30. The summed E-state index contributed by atoms with van der Waals surface area (Å²) in [5, 5.41) is 3.97. The molecule has 1 aliphatic rings. The maximum absolute atomic E-state index is 14.1. The molecule has 9 heteroatoms. The molecular formula is C24H21FN4O4. The molecule has 168 valence electrons. The number of hydrogen-bond donors (Lipinski definition) is 0. The standard InChI is InChI=1S/C24H21FN4O4/c1-15-5-7-21-19(12-15)29(10-11-32-21)22(30)14-28-9-3-4-18(28)24-26-23(27-33-24)16-6-8-20(31-2)17(25)13-16/h3-9,12-13H,10-11,14H2,1-2H3. The number of amides is 1. The normalized spacial score (nSPS) is 12.9. The van der Waals surface area contributed by atoms with Gasteiger partial charge in [-0.1, -0.05) is 11.2 Å². The van der Waals surface area contributed by atoms with Crippen LogP contribution in [0.1, 0.15) is 5.56 Å². The van der Waals surface area contributed by atoms with Crippen LogP contribution in [0.25, 0.3) is 23.0 Å². The summed E-state index contributed by atoms with van der Waals surface area (Å²) >= 11 is 0. The number of hydrogen-bond acceptors (Lipinski definition) is 6. The zero-order valence-corrected chi connectivity index (χ0v) is 18.1. The SMILES string of the molecule is COc1ccc(-c2noc(-c3cccn3CC(=O)N3CCOc4ccc(C)cc43)n2)cc1F. The molecule has 0 saturated heterocycles. The lowest BCUT2D eigenvalue weighted by atomic mass is 10.1. The van der Waals surface area contributed by atoms with E-state index in [0.717, 1.165) is 11.3 Å². The van der Waals surface area contributed by atoms with E-state index in [1.165, 1.54) is 19.2 Å². The van der Waals surface area contributed by atoms with Crippen LogP contribution in [-0.4, -0.2) is 40.9 Å². The van der Waals surface area contributed by atoms with Gasteiger partial charge in [0.05, 0.1) is 19.3 Å².